The van der Waals surface area contributed by atoms with Crippen molar-refractivity contribution in [3.8, 4) is 0 Å². The summed E-state index contributed by atoms with van der Waals surface area (Å²) in [6.07, 6.45) is 6.40. The molecule has 0 saturated heterocycles. The minimum absolute atomic E-state index is 0.219. The van der Waals surface area contributed by atoms with Gasteiger partial charge in [0.25, 0.3) is 0 Å². The highest BCUT2D eigenvalue weighted by molar-refractivity contribution is 5.49. The number of halogens is 2. The first-order chi connectivity index (χ1) is 14.4. The molecule has 3 aromatic carbocycles. The number of benzene rings is 3. The molecule has 154 valence electrons. The van der Waals surface area contributed by atoms with Crippen LogP contribution in [0.25, 0.3) is 12.2 Å². The lowest BCUT2D eigenvalue weighted by molar-refractivity contribution is 0.622. The van der Waals surface area contributed by atoms with E-state index in [9.17, 15) is 8.78 Å². The van der Waals surface area contributed by atoms with Crippen LogP contribution in [-0.4, -0.2) is 0 Å². The Morgan fingerprint density at radius 3 is 1.37 bits per heavy atom. The van der Waals surface area contributed by atoms with Crippen LogP contribution in [0.2, 0.25) is 0 Å². The third-order valence-electron chi connectivity index (χ3n) is 5.73. The summed E-state index contributed by atoms with van der Waals surface area (Å²) < 4.78 is 27.9. The highest BCUT2D eigenvalue weighted by atomic mass is 19.1. The van der Waals surface area contributed by atoms with Gasteiger partial charge in [0.15, 0.2) is 0 Å². The minimum atomic E-state index is -0.219. The molecule has 0 saturated carbocycles. The Bertz CT molecular complexity index is 989. The van der Waals surface area contributed by atoms with Gasteiger partial charge in [-0.15, -0.1) is 0 Å². The summed E-state index contributed by atoms with van der Waals surface area (Å²) in [4.78, 5) is 0. The molecule has 0 heterocycles. The van der Waals surface area contributed by atoms with Gasteiger partial charge in [-0.2, -0.15) is 0 Å². The molecule has 3 rings (SSSR count). The van der Waals surface area contributed by atoms with Crippen LogP contribution in [0.4, 0.5) is 8.78 Å². The third-order valence-corrected chi connectivity index (χ3v) is 5.73. The molecule has 0 amide bonds. The average molecular weight is 403 g/mol. The van der Waals surface area contributed by atoms with Crippen molar-refractivity contribution in [2.45, 2.75) is 39.5 Å². The molecule has 3 aromatic rings. The predicted molar refractivity (Wildman–Crippen MR) is 124 cm³/mol. The van der Waals surface area contributed by atoms with Gasteiger partial charge >= 0.3 is 0 Å². The summed E-state index contributed by atoms with van der Waals surface area (Å²) >= 11 is 0. The molecule has 0 N–H and O–H groups in total. The molecule has 0 aliphatic rings. The van der Waals surface area contributed by atoms with Gasteiger partial charge in [0, 0.05) is 11.1 Å². The summed E-state index contributed by atoms with van der Waals surface area (Å²) in [5.41, 5.74) is 8.10. The van der Waals surface area contributed by atoms with Crippen LogP contribution < -0.4 is 0 Å². The van der Waals surface area contributed by atoms with Gasteiger partial charge in [0.05, 0.1) is 0 Å². The molecular weight excluding hydrogens is 374 g/mol. The maximum Gasteiger partial charge on any atom is 0.130 e. The Kier molecular flexibility index (Phi) is 6.99. The smallest absolute Gasteiger partial charge is 0.130 e. The van der Waals surface area contributed by atoms with E-state index in [0.29, 0.717) is 11.1 Å². The molecule has 0 unspecified atom stereocenters. The van der Waals surface area contributed by atoms with Crippen LogP contribution in [0.15, 0.2) is 61.7 Å². The molecular formula is C28H28F2. The number of hydrogen-bond donors (Lipinski definition) is 0. The highest BCUT2D eigenvalue weighted by Crippen LogP contribution is 2.21. The summed E-state index contributed by atoms with van der Waals surface area (Å²) in [6.45, 7) is 11.5. The zero-order chi connectivity index (χ0) is 21.7. The fourth-order valence-corrected chi connectivity index (χ4v) is 3.82. The second-order valence-electron chi connectivity index (χ2n) is 7.83. The van der Waals surface area contributed by atoms with E-state index < -0.39 is 0 Å². The van der Waals surface area contributed by atoms with Gasteiger partial charge in [-0.25, -0.2) is 8.78 Å². The van der Waals surface area contributed by atoms with Crippen molar-refractivity contribution in [3.05, 3.63) is 118 Å². The molecule has 0 aliphatic carbocycles. The van der Waals surface area contributed by atoms with Gasteiger partial charge in [-0.3, -0.25) is 0 Å². The zero-order valence-electron chi connectivity index (χ0n) is 17.8. The van der Waals surface area contributed by atoms with Crippen LogP contribution in [0.5, 0.6) is 0 Å². The van der Waals surface area contributed by atoms with Crippen molar-refractivity contribution >= 4 is 12.2 Å². The van der Waals surface area contributed by atoms with Crippen LogP contribution in [-0.2, 0) is 25.7 Å². The fourth-order valence-electron chi connectivity index (χ4n) is 3.82. The molecule has 0 aliphatic heterocycles. The Morgan fingerprint density at radius 1 is 0.633 bits per heavy atom. The zero-order valence-corrected chi connectivity index (χ0v) is 17.8. The summed E-state index contributed by atoms with van der Waals surface area (Å²) in [5.74, 6) is -0.438. The van der Waals surface area contributed by atoms with Crippen molar-refractivity contribution in [3.63, 3.8) is 0 Å². The first kappa shape index (κ1) is 21.7. The summed E-state index contributed by atoms with van der Waals surface area (Å²) in [6, 6.07) is 15.2. The Hall–Kier alpha value is -3.00. The average Bonchev–Trinajstić information content (AvgIpc) is 2.73. The van der Waals surface area contributed by atoms with Crippen LogP contribution in [0, 0.1) is 25.5 Å². The second kappa shape index (κ2) is 9.67. The molecule has 0 atom stereocenters. The van der Waals surface area contributed by atoms with E-state index in [-0.39, 0.29) is 11.6 Å². The molecule has 0 bridgehead atoms. The Balaban J connectivity index is 1.67. The maximum absolute atomic E-state index is 14.0. The molecule has 0 aromatic heterocycles. The number of hydrogen-bond acceptors (Lipinski definition) is 0. The van der Waals surface area contributed by atoms with E-state index in [1.165, 1.54) is 34.4 Å². The first-order valence-electron chi connectivity index (χ1n) is 10.3. The molecule has 0 spiro atoms. The van der Waals surface area contributed by atoms with Gasteiger partial charge in [-0.05, 0) is 85.0 Å². The van der Waals surface area contributed by atoms with Crippen LogP contribution >= 0.6 is 0 Å². The lowest BCUT2D eigenvalue weighted by atomic mass is 9.92. The van der Waals surface area contributed by atoms with Crippen LogP contribution in [0.3, 0.4) is 0 Å². The highest BCUT2D eigenvalue weighted by Gasteiger charge is 2.08. The van der Waals surface area contributed by atoms with E-state index in [4.69, 9.17) is 0 Å². The molecule has 0 fully saturated rings. The van der Waals surface area contributed by atoms with E-state index in [0.717, 1.165) is 36.8 Å². The van der Waals surface area contributed by atoms with Gasteiger partial charge in [-0.1, -0.05) is 61.7 Å². The fraction of sp³-hybridized carbons (Fsp3) is 0.214. The van der Waals surface area contributed by atoms with Crippen molar-refractivity contribution in [2.24, 2.45) is 0 Å². The third kappa shape index (κ3) is 5.13. The predicted octanol–water partition coefficient (Wildman–Crippen LogP) is 7.44. The molecule has 0 radical (unpaired) electrons. The Labute approximate surface area is 178 Å². The van der Waals surface area contributed by atoms with Crippen molar-refractivity contribution < 1.29 is 8.78 Å². The second-order valence-corrected chi connectivity index (χ2v) is 7.83. The van der Waals surface area contributed by atoms with Crippen molar-refractivity contribution in [1.29, 1.82) is 0 Å². The number of rotatable bonds is 8. The lowest BCUT2D eigenvalue weighted by Crippen LogP contribution is -2.01. The van der Waals surface area contributed by atoms with Crippen molar-refractivity contribution in [1.82, 2.24) is 0 Å². The van der Waals surface area contributed by atoms with E-state index in [1.54, 1.807) is 24.3 Å². The minimum Gasteiger partial charge on any atom is -0.206 e. The standard InChI is InChI=1S/C28H28F2/c1-5-23-11-7-21(17-27(23)29)9-13-25-15-20(4)26(16-19(25)3)14-10-22-8-12-24(6-2)28(30)18-22/h5-8,11-12,15-18H,1-2,9-10,13-14H2,3-4H3. The molecule has 2 heteroatoms. The van der Waals surface area contributed by atoms with E-state index in [2.05, 4.69) is 39.1 Å². The molecule has 0 nitrogen and oxygen atoms in total. The topological polar surface area (TPSA) is 0 Å². The number of aryl methyl sites for hydroxylation is 6. The normalized spacial score (nSPS) is 10.8. The monoisotopic (exact) mass is 402 g/mol. The van der Waals surface area contributed by atoms with Crippen molar-refractivity contribution in [2.75, 3.05) is 0 Å². The summed E-state index contributed by atoms with van der Waals surface area (Å²) in [5, 5.41) is 0. The lowest BCUT2D eigenvalue weighted by Gasteiger charge is -2.13. The van der Waals surface area contributed by atoms with Gasteiger partial charge in [0.2, 0.25) is 0 Å². The summed E-state index contributed by atoms with van der Waals surface area (Å²) in [7, 11) is 0. The largest absolute Gasteiger partial charge is 0.206 e. The van der Waals surface area contributed by atoms with E-state index in [1.807, 2.05) is 12.1 Å². The first-order valence-corrected chi connectivity index (χ1v) is 10.3. The van der Waals surface area contributed by atoms with Gasteiger partial charge in [0.1, 0.15) is 11.6 Å². The van der Waals surface area contributed by atoms with Crippen LogP contribution in [0.1, 0.15) is 44.5 Å². The SMILES string of the molecule is C=Cc1ccc(CCc2cc(C)c(CCc3ccc(C=C)c(F)c3)cc2C)cc1F. The maximum atomic E-state index is 14.0. The van der Waals surface area contributed by atoms with E-state index >= 15 is 0 Å². The quantitative estimate of drug-likeness (QED) is 0.367. The molecule has 30 heavy (non-hydrogen) atoms. The Morgan fingerprint density at radius 2 is 1.03 bits per heavy atom. The van der Waals surface area contributed by atoms with Gasteiger partial charge < -0.3 is 0 Å².